The van der Waals surface area contributed by atoms with Crippen LogP contribution in [-0.4, -0.2) is 26.4 Å². The van der Waals surface area contributed by atoms with Gasteiger partial charge in [0.15, 0.2) is 28.7 Å². The van der Waals surface area contributed by atoms with E-state index in [9.17, 15) is 13.6 Å². The Kier molecular flexibility index (Phi) is 8.66. The van der Waals surface area contributed by atoms with Crippen LogP contribution in [0.2, 0.25) is 0 Å². The summed E-state index contributed by atoms with van der Waals surface area (Å²) in [6, 6.07) is 11.2. The van der Waals surface area contributed by atoms with Crippen molar-refractivity contribution < 1.29 is 18.3 Å². The van der Waals surface area contributed by atoms with Crippen LogP contribution in [-0.2, 0) is 11.3 Å². The van der Waals surface area contributed by atoms with E-state index in [0.717, 1.165) is 17.9 Å². The van der Waals surface area contributed by atoms with Crippen molar-refractivity contribution in [2.45, 2.75) is 58.3 Å². The Hall–Kier alpha value is -2.94. The second-order valence-electron chi connectivity index (χ2n) is 8.79. The molecule has 1 atom stereocenters. The predicted octanol–water partition coefficient (Wildman–Crippen LogP) is 6.21. The Morgan fingerprint density at radius 3 is 2.35 bits per heavy atom. The molecular weight excluding hydrogens is 458 g/mol. The number of aromatic nitrogens is 3. The van der Waals surface area contributed by atoms with Gasteiger partial charge in [-0.1, -0.05) is 51.6 Å². The number of carbonyl (C=O) groups excluding carboxylic acids is 1. The summed E-state index contributed by atoms with van der Waals surface area (Å²) in [4.78, 5) is 12.3. The Morgan fingerprint density at radius 1 is 1.03 bits per heavy atom. The topological polar surface area (TPSA) is 69.0 Å². The highest BCUT2D eigenvalue weighted by molar-refractivity contribution is 7.99. The highest BCUT2D eigenvalue weighted by atomic mass is 32.2. The number of hydrogen-bond donors (Lipinski definition) is 1. The van der Waals surface area contributed by atoms with Crippen molar-refractivity contribution in [2.75, 3.05) is 11.1 Å². The number of nitrogens with one attached hydrogen (secondary N) is 1. The number of ether oxygens (including phenoxy) is 1. The number of nitrogens with zero attached hydrogens (tertiary/aromatic N) is 3. The fraction of sp³-hybridized carbons (Fsp3) is 0.400. The van der Waals surface area contributed by atoms with Gasteiger partial charge in [-0.25, -0.2) is 8.78 Å². The molecule has 0 aliphatic carbocycles. The third-order valence-corrected chi connectivity index (χ3v) is 6.02. The second kappa shape index (κ2) is 11.5. The monoisotopic (exact) mass is 488 g/mol. The van der Waals surface area contributed by atoms with Gasteiger partial charge in [-0.2, -0.15) is 0 Å². The van der Waals surface area contributed by atoms with Crippen LogP contribution in [0.4, 0.5) is 14.5 Å². The van der Waals surface area contributed by atoms with Crippen molar-refractivity contribution in [3.05, 3.63) is 65.5 Å². The first kappa shape index (κ1) is 25.7. The first-order valence-corrected chi connectivity index (χ1v) is 12.2. The molecule has 0 saturated carbocycles. The van der Waals surface area contributed by atoms with Crippen LogP contribution in [0.15, 0.2) is 47.6 Å². The van der Waals surface area contributed by atoms with Crippen LogP contribution in [0.1, 0.15) is 58.0 Å². The number of carbonyl (C=O) groups is 1. The molecule has 1 amide bonds. The number of hydrogen-bond acceptors (Lipinski definition) is 5. The summed E-state index contributed by atoms with van der Waals surface area (Å²) in [5, 5.41) is 11.8. The van der Waals surface area contributed by atoms with Crippen molar-refractivity contribution in [3.8, 4) is 5.75 Å². The molecule has 1 heterocycles. The summed E-state index contributed by atoms with van der Waals surface area (Å²) in [6.07, 6.45) is -0.346. The molecule has 1 N–H and O–H groups in total. The van der Waals surface area contributed by atoms with E-state index >= 15 is 0 Å². The molecule has 0 radical (unpaired) electrons. The Balaban J connectivity index is 1.68. The zero-order chi connectivity index (χ0) is 24.8. The van der Waals surface area contributed by atoms with Crippen molar-refractivity contribution in [3.63, 3.8) is 0 Å². The van der Waals surface area contributed by atoms with E-state index in [1.54, 1.807) is 0 Å². The van der Waals surface area contributed by atoms with Crippen LogP contribution >= 0.6 is 11.8 Å². The summed E-state index contributed by atoms with van der Waals surface area (Å²) in [5.74, 6) is -0.107. The fourth-order valence-corrected chi connectivity index (χ4v) is 4.09. The quantitative estimate of drug-likeness (QED) is 0.344. The minimum atomic E-state index is -1.01. The third kappa shape index (κ3) is 6.79. The van der Waals surface area contributed by atoms with Crippen molar-refractivity contribution in [1.29, 1.82) is 0 Å². The molecule has 0 spiro atoms. The lowest BCUT2D eigenvalue weighted by Gasteiger charge is -2.18. The zero-order valence-corrected chi connectivity index (χ0v) is 20.8. The molecule has 9 heteroatoms. The van der Waals surface area contributed by atoms with E-state index in [-0.39, 0.29) is 23.5 Å². The second-order valence-corrected chi connectivity index (χ2v) is 9.74. The van der Waals surface area contributed by atoms with Gasteiger partial charge in [0, 0.05) is 18.3 Å². The Bertz CT molecular complexity index is 1120. The van der Waals surface area contributed by atoms with E-state index in [1.165, 1.54) is 23.4 Å². The summed E-state index contributed by atoms with van der Waals surface area (Å²) in [7, 11) is 0. The molecule has 0 saturated heterocycles. The molecule has 34 heavy (non-hydrogen) atoms. The standard InChI is InChI=1S/C25H30F2N4O2S/c1-15(2)13-31-24(17(5)33-20-9-6-18(7-10-20)16(3)4)29-30-25(31)34-14-23(32)28-19-8-11-21(26)22(27)12-19/h6-12,15-17H,13-14H2,1-5H3,(H,28,32). The van der Waals surface area contributed by atoms with Gasteiger partial charge in [0.25, 0.3) is 0 Å². The van der Waals surface area contributed by atoms with Crippen molar-refractivity contribution in [2.24, 2.45) is 5.92 Å². The molecule has 0 aliphatic rings. The lowest BCUT2D eigenvalue weighted by molar-refractivity contribution is -0.113. The van der Waals surface area contributed by atoms with Crippen LogP contribution in [0, 0.1) is 17.6 Å². The van der Waals surface area contributed by atoms with E-state index in [2.05, 4.69) is 55.3 Å². The molecule has 2 aromatic carbocycles. The van der Waals surface area contributed by atoms with Gasteiger partial charge in [0.05, 0.1) is 5.75 Å². The Morgan fingerprint density at radius 2 is 1.74 bits per heavy atom. The van der Waals surface area contributed by atoms with Crippen LogP contribution in [0.5, 0.6) is 5.75 Å². The van der Waals surface area contributed by atoms with Gasteiger partial charge in [-0.15, -0.1) is 10.2 Å². The molecule has 6 nitrogen and oxygen atoms in total. The smallest absolute Gasteiger partial charge is 0.234 e. The maximum absolute atomic E-state index is 13.4. The summed E-state index contributed by atoms with van der Waals surface area (Å²) in [5.41, 5.74) is 1.43. The molecule has 182 valence electrons. The van der Waals surface area contributed by atoms with Crippen LogP contribution < -0.4 is 10.1 Å². The molecule has 0 fully saturated rings. The number of anilines is 1. The van der Waals surface area contributed by atoms with Gasteiger partial charge in [0.2, 0.25) is 5.91 Å². The molecular formula is C25H30F2N4O2S. The van der Waals surface area contributed by atoms with Gasteiger partial charge in [-0.05, 0) is 48.6 Å². The SMILES string of the molecule is CC(C)Cn1c(SCC(=O)Nc2ccc(F)c(F)c2)nnc1C(C)Oc1ccc(C(C)C)cc1. The van der Waals surface area contributed by atoms with Gasteiger partial charge < -0.3 is 14.6 Å². The summed E-state index contributed by atoms with van der Waals surface area (Å²) < 4.78 is 34.6. The molecule has 1 unspecified atom stereocenters. The molecule has 0 bridgehead atoms. The van der Waals surface area contributed by atoms with Gasteiger partial charge >= 0.3 is 0 Å². The van der Waals surface area contributed by atoms with E-state index in [4.69, 9.17) is 4.74 Å². The van der Waals surface area contributed by atoms with E-state index in [0.29, 0.717) is 29.4 Å². The third-order valence-electron chi connectivity index (χ3n) is 5.05. The number of halogens is 2. The minimum absolute atomic E-state index is 0.0428. The van der Waals surface area contributed by atoms with E-state index in [1.807, 2.05) is 23.6 Å². The highest BCUT2D eigenvalue weighted by Gasteiger charge is 2.21. The maximum Gasteiger partial charge on any atom is 0.234 e. The molecule has 1 aromatic heterocycles. The lowest BCUT2D eigenvalue weighted by atomic mass is 10.0. The molecule has 0 aliphatic heterocycles. The highest BCUT2D eigenvalue weighted by Crippen LogP contribution is 2.27. The number of benzene rings is 2. The minimum Gasteiger partial charge on any atom is -0.483 e. The number of rotatable bonds is 10. The fourth-order valence-electron chi connectivity index (χ4n) is 3.33. The number of amides is 1. The average molecular weight is 489 g/mol. The van der Waals surface area contributed by atoms with Crippen molar-refractivity contribution >= 4 is 23.4 Å². The summed E-state index contributed by atoms with van der Waals surface area (Å²) >= 11 is 1.23. The largest absolute Gasteiger partial charge is 0.483 e. The Labute approximate surface area is 203 Å². The first-order valence-electron chi connectivity index (χ1n) is 11.2. The van der Waals surface area contributed by atoms with Crippen LogP contribution in [0.3, 0.4) is 0 Å². The first-order chi connectivity index (χ1) is 16.1. The van der Waals surface area contributed by atoms with Gasteiger partial charge in [-0.3, -0.25) is 4.79 Å². The summed E-state index contributed by atoms with van der Waals surface area (Å²) in [6.45, 7) is 11.0. The number of thioether (sulfide) groups is 1. The zero-order valence-electron chi connectivity index (χ0n) is 20.0. The predicted molar refractivity (Wildman–Crippen MR) is 130 cm³/mol. The van der Waals surface area contributed by atoms with Crippen LogP contribution in [0.25, 0.3) is 0 Å². The van der Waals surface area contributed by atoms with Crippen molar-refractivity contribution in [1.82, 2.24) is 14.8 Å². The van der Waals surface area contributed by atoms with Gasteiger partial charge in [0.1, 0.15) is 5.75 Å². The normalized spacial score (nSPS) is 12.3. The average Bonchev–Trinajstić information content (AvgIpc) is 3.17. The maximum atomic E-state index is 13.4. The molecule has 3 aromatic rings. The lowest BCUT2D eigenvalue weighted by Crippen LogP contribution is -2.17. The van der Waals surface area contributed by atoms with E-state index < -0.39 is 11.6 Å². The molecule has 3 rings (SSSR count).